The molecule has 1 aromatic rings. The van der Waals surface area contributed by atoms with Gasteiger partial charge in [0.15, 0.2) is 0 Å². The van der Waals surface area contributed by atoms with E-state index >= 15 is 0 Å². The second-order valence-electron chi connectivity index (χ2n) is 3.88. The number of rotatable bonds is 3. The number of carbonyl (C=O) groups is 2. The molecule has 2 rings (SSSR count). The van der Waals surface area contributed by atoms with Crippen molar-refractivity contribution in [3.05, 3.63) is 22.4 Å². The standard InChI is InChI=1S/C11H13NO4S/c1-16-7-5-8(11(14)15)12(6-7)10(13)9-3-2-4-17-9/h2-4,7-8H,5-6H2,1H3,(H,14,15). The lowest BCUT2D eigenvalue weighted by molar-refractivity contribution is -0.141. The first-order valence-electron chi connectivity index (χ1n) is 5.23. The molecule has 17 heavy (non-hydrogen) atoms. The molecule has 2 heterocycles. The van der Waals surface area contributed by atoms with E-state index in [1.807, 2.05) is 0 Å². The minimum Gasteiger partial charge on any atom is -0.480 e. The van der Waals surface area contributed by atoms with E-state index in [1.165, 1.54) is 23.3 Å². The van der Waals surface area contributed by atoms with Crippen LogP contribution in [0.3, 0.4) is 0 Å². The summed E-state index contributed by atoms with van der Waals surface area (Å²) in [5.41, 5.74) is 0. The van der Waals surface area contributed by atoms with Gasteiger partial charge in [-0.15, -0.1) is 11.3 Å². The van der Waals surface area contributed by atoms with Crippen LogP contribution >= 0.6 is 11.3 Å². The molecule has 0 aliphatic carbocycles. The van der Waals surface area contributed by atoms with Crippen LogP contribution in [0.5, 0.6) is 0 Å². The summed E-state index contributed by atoms with van der Waals surface area (Å²) in [5.74, 6) is -1.21. The molecule has 1 aliphatic heterocycles. The zero-order chi connectivity index (χ0) is 12.4. The molecule has 0 saturated carbocycles. The Kier molecular flexibility index (Phi) is 3.44. The maximum absolute atomic E-state index is 12.1. The highest BCUT2D eigenvalue weighted by molar-refractivity contribution is 7.12. The average Bonchev–Trinajstić information content (AvgIpc) is 2.97. The van der Waals surface area contributed by atoms with E-state index in [1.54, 1.807) is 17.5 Å². The fourth-order valence-electron chi connectivity index (χ4n) is 1.97. The second kappa shape index (κ2) is 4.85. The van der Waals surface area contributed by atoms with Crippen molar-refractivity contribution in [3.8, 4) is 0 Å². The number of thiophene rings is 1. The van der Waals surface area contributed by atoms with E-state index in [9.17, 15) is 9.59 Å². The molecule has 0 bridgehead atoms. The highest BCUT2D eigenvalue weighted by Gasteiger charge is 2.40. The fraction of sp³-hybridized carbons (Fsp3) is 0.455. The van der Waals surface area contributed by atoms with Crippen molar-refractivity contribution in [1.29, 1.82) is 0 Å². The molecule has 0 aromatic carbocycles. The van der Waals surface area contributed by atoms with Crippen molar-refractivity contribution in [1.82, 2.24) is 4.90 Å². The first-order chi connectivity index (χ1) is 8.13. The van der Waals surface area contributed by atoms with Gasteiger partial charge in [-0.05, 0) is 11.4 Å². The molecule has 1 amide bonds. The lowest BCUT2D eigenvalue weighted by Crippen LogP contribution is -2.40. The van der Waals surface area contributed by atoms with Crippen LogP contribution in [0.25, 0.3) is 0 Å². The van der Waals surface area contributed by atoms with Gasteiger partial charge in [0.2, 0.25) is 0 Å². The van der Waals surface area contributed by atoms with Crippen molar-refractivity contribution in [2.24, 2.45) is 0 Å². The molecule has 1 aromatic heterocycles. The van der Waals surface area contributed by atoms with E-state index in [0.29, 0.717) is 17.8 Å². The number of carboxylic acid groups (broad SMARTS) is 1. The van der Waals surface area contributed by atoms with Crippen molar-refractivity contribution >= 4 is 23.2 Å². The first kappa shape index (κ1) is 12.1. The Morgan fingerprint density at radius 2 is 2.35 bits per heavy atom. The highest BCUT2D eigenvalue weighted by atomic mass is 32.1. The molecule has 92 valence electrons. The summed E-state index contributed by atoms with van der Waals surface area (Å²) in [6.07, 6.45) is 0.156. The van der Waals surface area contributed by atoms with E-state index in [-0.39, 0.29) is 12.0 Å². The number of nitrogens with zero attached hydrogens (tertiary/aromatic N) is 1. The van der Waals surface area contributed by atoms with Crippen LogP contribution in [0.1, 0.15) is 16.1 Å². The summed E-state index contributed by atoms with van der Waals surface area (Å²) < 4.78 is 5.14. The molecular formula is C11H13NO4S. The van der Waals surface area contributed by atoms with E-state index < -0.39 is 12.0 Å². The Bertz CT molecular complexity index is 417. The van der Waals surface area contributed by atoms with Crippen LogP contribution in [0.2, 0.25) is 0 Å². The van der Waals surface area contributed by atoms with Gasteiger partial charge in [-0.1, -0.05) is 6.07 Å². The molecule has 0 spiro atoms. The van der Waals surface area contributed by atoms with Gasteiger partial charge in [0.05, 0.1) is 11.0 Å². The summed E-state index contributed by atoms with van der Waals surface area (Å²) in [5, 5.41) is 10.9. The molecule has 1 N–H and O–H groups in total. The van der Waals surface area contributed by atoms with Crippen LogP contribution in [-0.4, -0.2) is 47.7 Å². The third-order valence-corrected chi connectivity index (χ3v) is 3.73. The third kappa shape index (κ3) is 2.32. The summed E-state index contributed by atoms with van der Waals surface area (Å²) >= 11 is 1.32. The topological polar surface area (TPSA) is 66.8 Å². The van der Waals surface area contributed by atoms with Crippen molar-refractivity contribution in [2.75, 3.05) is 13.7 Å². The zero-order valence-electron chi connectivity index (χ0n) is 9.33. The van der Waals surface area contributed by atoms with Crippen LogP contribution in [0.4, 0.5) is 0 Å². The van der Waals surface area contributed by atoms with Crippen molar-refractivity contribution in [3.63, 3.8) is 0 Å². The number of methoxy groups -OCH3 is 1. The number of ether oxygens (including phenoxy) is 1. The number of hydrogen-bond donors (Lipinski definition) is 1. The maximum Gasteiger partial charge on any atom is 0.326 e. The van der Waals surface area contributed by atoms with E-state index in [4.69, 9.17) is 9.84 Å². The maximum atomic E-state index is 12.1. The van der Waals surface area contributed by atoms with Crippen LogP contribution < -0.4 is 0 Å². The number of hydrogen-bond acceptors (Lipinski definition) is 4. The number of carboxylic acids is 1. The second-order valence-corrected chi connectivity index (χ2v) is 4.83. The molecule has 5 nitrogen and oxygen atoms in total. The summed E-state index contributed by atoms with van der Waals surface area (Å²) in [4.78, 5) is 25.1. The molecule has 1 saturated heterocycles. The predicted molar refractivity (Wildman–Crippen MR) is 62.2 cm³/mol. The number of amides is 1. The lowest BCUT2D eigenvalue weighted by atomic mass is 10.2. The Labute approximate surface area is 103 Å². The Morgan fingerprint density at radius 3 is 2.88 bits per heavy atom. The number of aliphatic carboxylic acids is 1. The van der Waals surface area contributed by atoms with Crippen molar-refractivity contribution in [2.45, 2.75) is 18.6 Å². The van der Waals surface area contributed by atoms with Gasteiger partial charge >= 0.3 is 5.97 Å². The van der Waals surface area contributed by atoms with Gasteiger partial charge in [0.25, 0.3) is 5.91 Å². The summed E-state index contributed by atoms with van der Waals surface area (Å²) in [6.45, 7) is 0.337. The quantitative estimate of drug-likeness (QED) is 0.877. The third-order valence-electron chi connectivity index (χ3n) is 2.87. The Balaban J connectivity index is 2.18. The molecule has 1 fully saturated rings. The molecule has 2 atom stereocenters. The van der Waals surface area contributed by atoms with Crippen molar-refractivity contribution < 1.29 is 19.4 Å². The van der Waals surface area contributed by atoms with E-state index in [2.05, 4.69) is 0 Å². The largest absolute Gasteiger partial charge is 0.480 e. The number of carbonyl (C=O) groups excluding carboxylic acids is 1. The van der Waals surface area contributed by atoms with Gasteiger partial charge in [0, 0.05) is 20.1 Å². The van der Waals surface area contributed by atoms with Gasteiger partial charge in [-0.25, -0.2) is 4.79 Å². The minimum absolute atomic E-state index is 0.194. The molecule has 0 radical (unpaired) electrons. The minimum atomic E-state index is -0.977. The van der Waals surface area contributed by atoms with Crippen LogP contribution in [0, 0.1) is 0 Å². The molecular weight excluding hydrogens is 242 g/mol. The lowest BCUT2D eigenvalue weighted by Gasteiger charge is -2.20. The molecule has 6 heteroatoms. The van der Waals surface area contributed by atoms with Gasteiger partial charge in [-0.3, -0.25) is 4.79 Å². The first-order valence-corrected chi connectivity index (χ1v) is 6.11. The number of likely N-dealkylation sites (tertiary alicyclic amines) is 1. The smallest absolute Gasteiger partial charge is 0.326 e. The summed E-state index contributed by atoms with van der Waals surface area (Å²) in [7, 11) is 1.53. The monoisotopic (exact) mass is 255 g/mol. The Morgan fingerprint density at radius 1 is 1.59 bits per heavy atom. The Hall–Kier alpha value is -1.40. The van der Waals surface area contributed by atoms with Crippen LogP contribution in [-0.2, 0) is 9.53 Å². The zero-order valence-corrected chi connectivity index (χ0v) is 10.1. The highest BCUT2D eigenvalue weighted by Crippen LogP contribution is 2.24. The van der Waals surface area contributed by atoms with E-state index in [0.717, 1.165) is 0 Å². The fourth-order valence-corrected chi connectivity index (χ4v) is 2.65. The molecule has 2 unspecified atom stereocenters. The SMILES string of the molecule is COC1CC(C(=O)O)N(C(=O)c2cccs2)C1. The van der Waals surface area contributed by atoms with Gasteiger partial charge < -0.3 is 14.7 Å². The average molecular weight is 255 g/mol. The van der Waals surface area contributed by atoms with Crippen LogP contribution in [0.15, 0.2) is 17.5 Å². The van der Waals surface area contributed by atoms with Gasteiger partial charge in [0.1, 0.15) is 6.04 Å². The summed E-state index contributed by atoms with van der Waals surface area (Å²) in [6, 6.07) is 2.69. The predicted octanol–water partition coefficient (Wildman–Crippen LogP) is 1.06. The van der Waals surface area contributed by atoms with Gasteiger partial charge in [-0.2, -0.15) is 0 Å². The molecule has 1 aliphatic rings. The normalized spacial score (nSPS) is 23.9.